The molecule has 1 heterocycles. The van der Waals surface area contributed by atoms with Gasteiger partial charge in [-0.1, -0.05) is 12.8 Å². The first kappa shape index (κ1) is 12.8. The standard InChI is InChI=1S/C13H25N3O/c1-15(2)9-5-6-10-16-11-14-13(12(16)17)7-3-4-8-13/h14H,3-11H2,1-2H3. The molecular weight excluding hydrogens is 214 g/mol. The van der Waals surface area contributed by atoms with Crippen LogP contribution in [0.3, 0.4) is 0 Å². The van der Waals surface area contributed by atoms with Crippen LogP contribution >= 0.6 is 0 Å². The van der Waals surface area contributed by atoms with Gasteiger partial charge in [-0.2, -0.15) is 0 Å². The average Bonchev–Trinajstić information content (AvgIpc) is 2.87. The minimum atomic E-state index is -0.165. The zero-order valence-electron chi connectivity index (χ0n) is 11.2. The highest BCUT2D eigenvalue weighted by Crippen LogP contribution is 2.34. The molecule has 1 saturated heterocycles. The van der Waals surface area contributed by atoms with Gasteiger partial charge in [-0.3, -0.25) is 10.1 Å². The Bertz CT molecular complexity index is 272. The molecule has 1 N–H and O–H groups in total. The van der Waals surface area contributed by atoms with Crippen LogP contribution in [0.25, 0.3) is 0 Å². The number of nitrogens with one attached hydrogen (secondary N) is 1. The minimum Gasteiger partial charge on any atom is -0.328 e. The summed E-state index contributed by atoms with van der Waals surface area (Å²) in [4.78, 5) is 16.5. The predicted molar refractivity (Wildman–Crippen MR) is 68.7 cm³/mol. The smallest absolute Gasteiger partial charge is 0.243 e. The molecule has 1 saturated carbocycles. The van der Waals surface area contributed by atoms with Crippen LogP contribution in [0.1, 0.15) is 38.5 Å². The molecular formula is C13H25N3O. The van der Waals surface area contributed by atoms with Crippen LogP contribution in [0, 0.1) is 0 Å². The maximum Gasteiger partial charge on any atom is 0.243 e. The Kier molecular flexibility index (Phi) is 4.05. The Morgan fingerprint density at radius 3 is 2.65 bits per heavy atom. The molecule has 0 unspecified atom stereocenters. The van der Waals surface area contributed by atoms with Gasteiger partial charge in [0.05, 0.1) is 12.2 Å². The topological polar surface area (TPSA) is 35.6 Å². The van der Waals surface area contributed by atoms with Gasteiger partial charge >= 0.3 is 0 Å². The largest absolute Gasteiger partial charge is 0.328 e. The van der Waals surface area contributed by atoms with Crippen molar-refractivity contribution in [2.45, 2.75) is 44.1 Å². The monoisotopic (exact) mass is 239 g/mol. The SMILES string of the molecule is CN(C)CCCCN1CNC2(CCCC2)C1=O. The molecule has 0 aromatic carbocycles. The molecule has 2 fully saturated rings. The Labute approximate surface area is 104 Å². The lowest BCUT2D eigenvalue weighted by Crippen LogP contribution is -2.44. The predicted octanol–water partition coefficient (Wildman–Crippen LogP) is 1.03. The van der Waals surface area contributed by atoms with Gasteiger partial charge in [-0.05, 0) is 46.3 Å². The van der Waals surface area contributed by atoms with E-state index in [1.54, 1.807) is 0 Å². The molecule has 1 spiro atoms. The summed E-state index contributed by atoms with van der Waals surface area (Å²) in [6.45, 7) is 2.79. The highest BCUT2D eigenvalue weighted by Gasteiger charge is 2.47. The number of carbonyl (C=O) groups is 1. The minimum absolute atomic E-state index is 0.165. The first-order valence-electron chi connectivity index (χ1n) is 6.83. The van der Waals surface area contributed by atoms with Crippen LogP contribution in [0.2, 0.25) is 0 Å². The van der Waals surface area contributed by atoms with Crippen LogP contribution in [-0.4, -0.2) is 55.1 Å². The van der Waals surface area contributed by atoms with E-state index in [0.717, 1.165) is 39.0 Å². The van der Waals surface area contributed by atoms with Crippen LogP contribution in [-0.2, 0) is 4.79 Å². The van der Waals surface area contributed by atoms with Gasteiger partial charge in [-0.25, -0.2) is 0 Å². The summed E-state index contributed by atoms with van der Waals surface area (Å²) in [6, 6.07) is 0. The van der Waals surface area contributed by atoms with Gasteiger partial charge in [0.1, 0.15) is 0 Å². The van der Waals surface area contributed by atoms with Gasteiger partial charge in [0.25, 0.3) is 0 Å². The summed E-state index contributed by atoms with van der Waals surface area (Å²) >= 11 is 0. The van der Waals surface area contributed by atoms with Gasteiger partial charge in [-0.15, -0.1) is 0 Å². The van der Waals surface area contributed by atoms with Crippen molar-refractivity contribution in [3.05, 3.63) is 0 Å². The van der Waals surface area contributed by atoms with E-state index in [2.05, 4.69) is 24.3 Å². The number of amides is 1. The first-order valence-corrected chi connectivity index (χ1v) is 6.83. The zero-order valence-corrected chi connectivity index (χ0v) is 11.2. The number of hydrogen-bond acceptors (Lipinski definition) is 3. The molecule has 4 heteroatoms. The summed E-state index contributed by atoms with van der Waals surface area (Å²) in [5.41, 5.74) is -0.165. The lowest BCUT2D eigenvalue weighted by Gasteiger charge is -2.21. The van der Waals surface area contributed by atoms with Gasteiger partial charge in [0.15, 0.2) is 0 Å². The fourth-order valence-corrected chi connectivity index (χ4v) is 2.98. The van der Waals surface area contributed by atoms with Gasteiger partial charge < -0.3 is 9.80 Å². The van der Waals surface area contributed by atoms with Crippen molar-refractivity contribution in [1.82, 2.24) is 15.1 Å². The van der Waals surface area contributed by atoms with Crippen LogP contribution in [0.5, 0.6) is 0 Å². The molecule has 2 rings (SSSR count). The third-order valence-electron chi connectivity index (χ3n) is 4.05. The zero-order chi connectivity index (χ0) is 12.3. The lowest BCUT2D eigenvalue weighted by atomic mass is 9.98. The van der Waals surface area contributed by atoms with E-state index in [0.29, 0.717) is 5.91 Å². The van der Waals surface area contributed by atoms with Crippen molar-refractivity contribution in [3.8, 4) is 0 Å². The quantitative estimate of drug-likeness (QED) is 0.728. The number of carbonyl (C=O) groups excluding carboxylic acids is 1. The van der Waals surface area contributed by atoms with Crippen molar-refractivity contribution >= 4 is 5.91 Å². The summed E-state index contributed by atoms with van der Waals surface area (Å²) in [6.07, 6.45) is 6.77. The molecule has 4 nitrogen and oxygen atoms in total. The molecule has 0 aromatic heterocycles. The lowest BCUT2D eigenvalue weighted by molar-refractivity contribution is -0.132. The maximum atomic E-state index is 12.3. The first-order chi connectivity index (χ1) is 8.14. The van der Waals surface area contributed by atoms with Crippen molar-refractivity contribution in [2.75, 3.05) is 33.9 Å². The molecule has 0 radical (unpaired) electrons. The third-order valence-corrected chi connectivity index (χ3v) is 4.05. The van der Waals surface area contributed by atoms with E-state index >= 15 is 0 Å². The second-order valence-electron chi connectivity index (χ2n) is 5.70. The summed E-state index contributed by atoms with van der Waals surface area (Å²) in [7, 11) is 4.19. The number of unbranched alkanes of at least 4 members (excludes halogenated alkanes) is 1. The highest BCUT2D eigenvalue weighted by atomic mass is 16.2. The van der Waals surface area contributed by atoms with Crippen molar-refractivity contribution in [2.24, 2.45) is 0 Å². The average molecular weight is 239 g/mol. The summed E-state index contributed by atoms with van der Waals surface area (Å²) in [5.74, 6) is 0.361. The number of nitrogens with zero attached hydrogens (tertiary/aromatic N) is 2. The molecule has 0 aromatic rings. The highest BCUT2D eigenvalue weighted by molar-refractivity contribution is 5.88. The molecule has 0 bridgehead atoms. The Morgan fingerprint density at radius 1 is 1.29 bits per heavy atom. The molecule has 1 aliphatic heterocycles. The van der Waals surface area contributed by atoms with Crippen molar-refractivity contribution in [3.63, 3.8) is 0 Å². The Balaban J connectivity index is 1.74. The molecule has 2 aliphatic rings. The fourth-order valence-electron chi connectivity index (χ4n) is 2.98. The van der Waals surface area contributed by atoms with Gasteiger partial charge in [0.2, 0.25) is 5.91 Å². The maximum absolute atomic E-state index is 12.3. The second kappa shape index (κ2) is 5.36. The third kappa shape index (κ3) is 2.80. The van der Waals surface area contributed by atoms with E-state index < -0.39 is 0 Å². The second-order valence-corrected chi connectivity index (χ2v) is 5.70. The molecule has 98 valence electrons. The molecule has 1 aliphatic carbocycles. The van der Waals surface area contributed by atoms with Gasteiger partial charge in [0, 0.05) is 6.54 Å². The van der Waals surface area contributed by atoms with Crippen molar-refractivity contribution in [1.29, 1.82) is 0 Å². The fraction of sp³-hybridized carbons (Fsp3) is 0.923. The molecule has 1 amide bonds. The molecule has 0 atom stereocenters. The van der Waals surface area contributed by atoms with Crippen molar-refractivity contribution < 1.29 is 4.79 Å². The number of rotatable bonds is 5. The Morgan fingerprint density at radius 2 is 2.00 bits per heavy atom. The molecule has 17 heavy (non-hydrogen) atoms. The van der Waals surface area contributed by atoms with E-state index in [1.165, 1.54) is 19.3 Å². The van der Waals surface area contributed by atoms with Crippen LogP contribution in [0.15, 0.2) is 0 Å². The van der Waals surface area contributed by atoms with E-state index in [1.807, 2.05) is 4.90 Å². The number of hydrogen-bond donors (Lipinski definition) is 1. The normalized spacial score (nSPS) is 23.2. The van der Waals surface area contributed by atoms with E-state index in [4.69, 9.17) is 0 Å². The van der Waals surface area contributed by atoms with Crippen LogP contribution < -0.4 is 5.32 Å². The van der Waals surface area contributed by atoms with Crippen LogP contribution in [0.4, 0.5) is 0 Å². The van der Waals surface area contributed by atoms with E-state index in [9.17, 15) is 4.79 Å². The summed E-state index contributed by atoms with van der Waals surface area (Å²) < 4.78 is 0. The van der Waals surface area contributed by atoms with E-state index in [-0.39, 0.29) is 5.54 Å². The Hall–Kier alpha value is -0.610. The summed E-state index contributed by atoms with van der Waals surface area (Å²) in [5, 5.41) is 3.45.